The van der Waals surface area contributed by atoms with Crippen molar-refractivity contribution in [1.29, 1.82) is 0 Å². The SMILES string of the molecule is CC[C@H](C(=O)Nc1ccc(N2CCCCC2)cc1)N(c1cc(Cl)ccc1C)S(C)(=O)=O. The average Bonchev–Trinajstić information content (AvgIpc) is 2.74. The van der Waals surface area contributed by atoms with Crippen LogP contribution >= 0.6 is 11.6 Å². The largest absolute Gasteiger partial charge is 0.372 e. The van der Waals surface area contributed by atoms with Gasteiger partial charge in [-0.05, 0) is 74.6 Å². The van der Waals surface area contributed by atoms with Crippen molar-refractivity contribution in [2.24, 2.45) is 0 Å². The number of piperidine rings is 1. The molecule has 31 heavy (non-hydrogen) atoms. The van der Waals surface area contributed by atoms with E-state index in [0.29, 0.717) is 22.8 Å². The lowest BCUT2D eigenvalue weighted by atomic mass is 10.1. The number of aryl methyl sites for hydroxylation is 1. The molecule has 0 aliphatic carbocycles. The van der Waals surface area contributed by atoms with Crippen molar-refractivity contribution in [3.63, 3.8) is 0 Å². The molecule has 1 aliphatic heterocycles. The van der Waals surface area contributed by atoms with Gasteiger partial charge in [0.1, 0.15) is 6.04 Å². The number of nitrogens with one attached hydrogen (secondary N) is 1. The summed E-state index contributed by atoms with van der Waals surface area (Å²) in [5.41, 5.74) is 2.92. The maximum atomic E-state index is 13.1. The number of benzene rings is 2. The fourth-order valence-electron chi connectivity index (χ4n) is 3.99. The fourth-order valence-corrected chi connectivity index (χ4v) is 5.42. The minimum absolute atomic E-state index is 0.316. The van der Waals surface area contributed by atoms with Crippen molar-refractivity contribution in [2.75, 3.05) is 33.9 Å². The number of sulfonamides is 1. The molecule has 0 unspecified atom stereocenters. The number of rotatable bonds is 7. The van der Waals surface area contributed by atoms with Gasteiger partial charge in [0.25, 0.3) is 0 Å². The number of nitrogens with zero attached hydrogens (tertiary/aromatic N) is 2. The molecule has 0 spiro atoms. The lowest BCUT2D eigenvalue weighted by molar-refractivity contribution is -0.117. The molecule has 1 fully saturated rings. The third-order valence-electron chi connectivity index (χ3n) is 5.59. The first kappa shape index (κ1) is 23.4. The Morgan fingerprint density at radius 3 is 2.35 bits per heavy atom. The molecule has 1 heterocycles. The van der Waals surface area contributed by atoms with Crippen LogP contribution in [0.15, 0.2) is 42.5 Å². The molecule has 168 valence electrons. The summed E-state index contributed by atoms with van der Waals surface area (Å²) in [4.78, 5) is 15.5. The van der Waals surface area contributed by atoms with E-state index in [4.69, 9.17) is 11.6 Å². The molecular formula is C23H30ClN3O3S. The van der Waals surface area contributed by atoms with Gasteiger partial charge in [0, 0.05) is 29.5 Å². The highest BCUT2D eigenvalue weighted by Gasteiger charge is 2.32. The summed E-state index contributed by atoms with van der Waals surface area (Å²) in [6.45, 7) is 5.69. The Morgan fingerprint density at radius 1 is 1.13 bits per heavy atom. The maximum absolute atomic E-state index is 13.1. The third kappa shape index (κ3) is 5.71. The molecule has 0 aromatic heterocycles. The predicted molar refractivity (Wildman–Crippen MR) is 129 cm³/mol. The van der Waals surface area contributed by atoms with E-state index in [1.54, 1.807) is 32.0 Å². The summed E-state index contributed by atoms with van der Waals surface area (Å²) in [5, 5.41) is 3.30. The Kier molecular flexibility index (Phi) is 7.49. The van der Waals surface area contributed by atoms with Crippen molar-refractivity contribution in [2.45, 2.75) is 45.6 Å². The van der Waals surface area contributed by atoms with Crippen LogP contribution in [0.2, 0.25) is 5.02 Å². The summed E-state index contributed by atoms with van der Waals surface area (Å²) in [5.74, 6) is -0.377. The van der Waals surface area contributed by atoms with Crippen LogP contribution in [0.25, 0.3) is 0 Å². The van der Waals surface area contributed by atoms with Crippen LogP contribution in [-0.2, 0) is 14.8 Å². The minimum atomic E-state index is -3.72. The zero-order chi connectivity index (χ0) is 22.6. The van der Waals surface area contributed by atoms with Gasteiger partial charge in [-0.1, -0.05) is 24.6 Å². The van der Waals surface area contributed by atoms with Crippen LogP contribution < -0.4 is 14.5 Å². The van der Waals surface area contributed by atoms with Gasteiger partial charge >= 0.3 is 0 Å². The van der Waals surface area contributed by atoms with E-state index >= 15 is 0 Å². The molecule has 1 N–H and O–H groups in total. The summed E-state index contributed by atoms with van der Waals surface area (Å²) in [6.07, 6.45) is 5.08. The van der Waals surface area contributed by atoms with Gasteiger partial charge < -0.3 is 10.2 Å². The summed E-state index contributed by atoms with van der Waals surface area (Å²) in [6, 6.07) is 11.9. The number of halogens is 1. The average molecular weight is 464 g/mol. The standard InChI is InChI=1S/C23H30ClN3O3S/c1-4-21(27(31(3,29)30)22-16-18(24)9-8-17(22)2)23(28)25-19-10-12-20(13-11-19)26-14-6-5-7-15-26/h8-13,16,21H,4-7,14-15H2,1-3H3,(H,25,28)/t21-/m1/s1. The Bertz CT molecular complexity index is 1020. The number of carbonyl (C=O) groups excluding carboxylic acids is 1. The van der Waals surface area contributed by atoms with Gasteiger partial charge in [-0.15, -0.1) is 0 Å². The van der Waals surface area contributed by atoms with E-state index in [2.05, 4.69) is 10.2 Å². The molecule has 6 nitrogen and oxygen atoms in total. The van der Waals surface area contributed by atoms with Crippen LogP contribution in [0.1, 0.15) is 38.2 Å². The smallest absolute Gasteiger partial charge is 0.248 e. The molecule has 3 rings (SSSR count). The van der Waals surface area contributed by atoms with Crippen molar-refractivity contribution in [1.82, 2.24) is 0 Å². The van der Waals surface area contributed by atoms with Crippen molar-refractivity contribution in [3.05, 3.63) is 53.1 Å². The zero-order valence-electron chi connectivity index (χ0n) is 18.3. The van der Waals surface area contributed by atoms with Gasteiger partial charge in [-0.25, -0.2) is 8.42 Å². The van der Waals surface area contributed by atoms with Gasteiger partial charge in [0.05, 0.1) is 11.9 Å². The second-order valence-corrected chi connectivity index (χ2v) is 10.3. The molecule has 1 atom stereocenters. The normalized spacial score (nSPS) is 15.4. The topological polar surface area (TPSA) is 69.7 Å². The first-order valence-electron chi connectivity index (χ1n) is 10.6. The van der Waals surface area contributed by atoms with E-state index in [1.807, 2.05) is 24.3 Å². The van der Waals surface area contributed by atoms with Gasteiger partial charge in [-0.3, -0.25) is 9.10 Å². The maximum Gasteiger partial charge on any atom is 0.248 e. The van der Waals surface area contributed by atoms with Crippen molar-refractivity contribution in [3.8, 4) is 0 Å². The van der Waals surface area contributed by atoms with E-state index in [0.717, 1.165) is 30.6 Å². The van der Waals surface area contributed by atoms with Crippen LogP contribution in [0.4, 0.5) is 17.1 Å². The molecule has 8 heteroatoms. The Morgan fingerprint density at radius 2 is 1.77 bits per heavy atom. The molecule has 0 saturated carbocycles. The first-order valence-corrected chi connectivity index (χ1v) is 12.8. The second-order valence-electron chi connectivity index (χ2n) is 8.00. The lowest BCUT2D eigenvalue weighted by Gasteiger charge is -2.31. The Balaban J connectivity index is 1.82. The molecule has 2 aromatic carbocycles. The molecule has 0 radical (unpaired) electrons. The number of anilines is 3. The lowest BCUT2D eigenvalue weighted by Crippen LogP contribution is -2.47. The van der Waals surface area contributed by atoms with E-state index in [1.165, 1.54) is 23.6 Å². The monoisotopic (exact) mass is 463 g/mol. The Hall–Kier alpha value is -2.25. The fraction of sp³-hybridized carbons (Fsp3) is 0.435. The van der Waals surface area contributed by atoms with Crippen LogP contribution in [0.3, 0.4) is 0 Å². The second kappa shape index (κ2) is 9.92. The number of amides is 1. The van der Waals surface area contributed by atoms with Crippen LogP contribution in [0, 0.1) is 6.92 Å². The first-order chi connectivity index (χ1) is 14.7. The molecule has 1 amide bonds. The van der Waals surface area contributed by atoms with Crippen LogP contribution in [-0.4, -0.2) is 39.7 Å². The molecule has 1 aliphatic rings. The third-order valence-corrected chi connectivity index (χ3v) is 7.00. The minimum Gasteiger partial charge on any atom is -0.372 e. The highest BCUT2D eigenvalue weighted by atomic mass is 35.5. The predicted octanol–water partition coefficient (Wildman–Crippen LogP) is 4.82. The van der Waals surface area contributed by atoms with Gasteiger partial charge in [0.15, 0.2) is 0 Å². The molecule has 0 bridgehead atoms. The van der Waals surface area contributed by atoms with Gasteiger partial charge in [-0.2, -0.15) is 0 Å². The zero-order valence-corrected chi connectivity index (χ0v) is 19.8. The highest BCUT2D eigenvalue weighted by molar-refractivity contribution is 7.92. The highest BCUT2D eigenvalue weighted by Crippen LogP contribution is 2.30. The number of hydrogen-bond acceptors (Lipinski definition) is 4. The van der Waals surface area contributed by atoms with E-state index in [9.17, 15) is 13.2 Å². The van der Waals surface area contributed by atoms with Crippen molar-refractivity contribution < 1.29 is 13.2 Å². The quantitative estimate of drug-likeness (QED) is 0.638. The molecular weight excluding hydrogens is 434 g/mol. The van der Waals surface area contributed by atoms with Crippen LogP contribution in [0.5, 0.6) is 0 Å². The number of carbonyl (C=O) groups is 1. The molecule has 1 saturated heterocycles. The molecule has 2 aromatic rings. The summed E-state index contributed by atoms with van der Waals surface area (Å²) < 4.78 is 26.5. The number of hydrogen-bond donors (Lipinski definition) is 1. The van der Waals surface area contributed by atoms with E-state index in [-0.39, 0.29) is 5.91 Å². The van der Waals surface area contributed by atoms with Gasteiger partial charge in [0.2, 0.25) is 15.9 Å². The summed E-state index contributed by atoms with van der Waals surface area (Å²) >= 11 is 6.12. The van der Waals surface area contributed by atoms with Crippen molar-refractivity contribution >= 4 is 44.6 Å². The Labute approximate surface area is 190 Å². The summed E-state index contributed by atoms with van der Waals surface area (Å²) in [7, 11) is -3.72. The van der Waals surface area contributed by atoms with E-state index < -0.39 is 16.1 Å².